The van der Waals surface area contributed by atoms with Crippen molar-refractivity contribution in [1.82, 2.24) is 5.32 Å². The topological polar surface area (TPSA) is 95.9 Å². The van der Waals surface area contributed by atoms with E-state index in [2.05, 4.69) is 50.4 Å². The van der Waals surface area contributed by atoms with E-state index in [-0.39, 0.29) is 24.9 Å². The summed E-state index contributed by atoms with van der Waals surface area (Å²) in [5.74, 6) is -0.498. The van der Waals surface area contributed by atoms with Crippen LogP contribution in [-0.2, 0) is 14.3 Å². The smallest absolute Gasteiger partial charge is 0.306 e. The van der Waals surface area contributed by atoms with E-state index < -0.39 is 18.2 Å². The third kappa shape index (κ3) is 39.0. The van der Waals surface area contributed by atoms with Gasteiger partial charge in [-0.25, -0.2) is 0 Å². The molecule has 0 saturated heterocycles. The van der Waals surface area contributed by atoms with E-state index in [0.717, 1.165) is 77.0 Å². The zero-order valence-corrected chi connectivity index (χ0v) is 36.8. The van der Waals surface area contributed by atoms with Gasteiger partial charge in [0.25, 0.3) is 0 Å². The molecule has 3 N–H and O–H groups in total. The summed E-state index contributed by atoms with van der Waals surface area (Å²) in [7, 11) is 0. The van der Waals surface area contributed by atoms with Gasteiger partial charge in [0.15, 0.2) is 0 Å². The van der Waals surface area contributed by atoms with Crippen molar-refractivity contribution >= 4 is 11.9 Å². The number of hydrogen-bond acceptors (Lipinski definition) is 5. The van der Waals surface area contributed by atoms with Crippen molar-refractivity contribution in [1.29, 1.82) is 0 Å². The van der Waals surface area contributed by atoms with Gasteiger partial charge < -0.3 is 20.3 Å². The molecule has 3 atom stereocenters. The SMILES string of the molecule is CCC/C=C\CCCCCC(CC(=O)NC(CO)C(O)CCCCCCCCCCCCCCCCCC)OC(=O)CCCCCCC/C=C\CCCCC. The molecule has 1 amide bonds. The lowest BCUT2D eigenvalue weighted by Gasteiger charge is -2.24. The zero-order valence-electron chi connectivity index (χ0n) is 36.8. The van der Waals surface area contributed by atoms with Crippen LogP contribution in [-0.4, -0.2) is 46.9 Å². The summed E-state index contributed by atoms with van der Waals surface area (Å²) in [6, 6.07) is -0.702. The van der Waals surface area contributed by atoms with Gasteiger partial charge in [0.05, 0.1) is 25.2 Å². The van der Waals surface area contributed by atoms with E-state index in [1.807, 2.05) is 0 Å². The van der Waals surface area contributed by atoms with Crippen LogP contribution >= 0.6 is 0 Å². The molecule has 0 saturated carbocycles. The molecule has 0 fully saturated rings. The summed E-state index contributed by atoms with van der Waals surface area (Å²) < 4.78 is 5.87. The Balaban J connectivity index is 4.41. The fourth-order valence-electron chi connectivity index (χ4n) is 7.31. The Hall–Kier alpha value is -1.66. The molecule has 6 nitrogen and oxygen atoms in total. The predicted octanol–water partition coefficient (Wildman–Crippen LogP) is 14.0. The molecule has 0 aliphatic heterocycles. The lowest BCUT2D eigenvalue weighted by Crippen LogP contribution is -2.46. The van der Waals surface area contributed by atoms with Gasteiger partial charge in [-0.2, -0.15) is 0 Å². The second kappa shape index (κ2) is 43.5. The number of carbonyl (C=O) groups is 2. The minimum atomic E-state index is -0.788. The number of esters is 1. The van der Waals surface area contributed by atoms with Gasteiger partial charge in [-0.05, 0) is 70.6 Å². The lowest BCUT2D eigenvalue weighted by atomic mass is 10.0. The third-order valence-electron chi connectivity index (χ3n) is 11.0. The number of nitrogens with one attached hydrogen (secondary N) is 1. The quantitative estimate of drug-likeness (QED) is 0.0326. The van der Waals surface area contributed by atoms with Crippen molar-refractivity contribution < 1.29 is 24.5 Å². The maximum absolute atomic E-state index is 13.1. The average Bonchev–Trinajstić information content (AvgIpc) is 3.18. The molecule has 0 heterocycles. The summed E-state index contributed by atoms with van der Waals surface area (Å²) in [6.45, 7) is 6.39. The molecule has 55 heavy (non-hydrogen) atoms. The van der Waals surface area contributed by atoms with Crippen molar-refractivity contribution in [3.63, 3.8) is 0 Å². The Morgan fingerprint density at radius 2 is 0.909 bits per heavy atom. The summed E-state index contributed by atoms with van der Waals surface area (Å²) in [6.07, 6.45) is 48.2. The monoisotopic (exact) mass is 776 g/mol. The highest BCUT2D eigenvalue weighted by Gasteiger charge is 2.24. The Labute approximate surface area is 341 Å². The number of allylic oxidation sites excluding steroid dienone is 4. The minimum absolute atomic E-state index is 0.0658. The Morgan fingerprint density at radius 1 is 0.509 bits per heavy atom. The number of aliphatic hydroxyl groups excluding tert-OH is 2. The zero-order chi connectivity index (χ0) is 40.3. The molecule has 0 aromatic heterocycles. The first-order chi connectivity index (χ1) is 27.0. The highest BCUT2D eigenvalue weighted by atomic mass is 16.5. The van der Waals surface area contributed by atoms with Crippen molar-refractivity contribution in [3.05, 3.63) is 24.3 Å². The first-order valence-corrected chi connectivity index (χ1v) is 24.1. The van der Waals surface area contributed by atoms with Crippen molar-refractivity contribution in [2.24, 2.45) is 0 Å². The molecule has 0 radical (unpaired) electrons. The van der Waals surface area contributed by atoms with Crippen molar-refractivity contribution in [2.45, 2.75) is 270 Å². The van der Waals surface area contributed by atoms with Crippen LogP contribution in [0.4, 0.5) is 0 Å². The molecular weight excluding hydrogens is 683 g/mol. The van der Waals surface area contributed by atoms with Gasteiger partial charge in [-0.15, -0.1) is 0 Å². The number of ether oxygens (including phenoxy) is 1. The second-order valence-electron chi connectivity index (χ2n) is 16.5. The fraction of sp³-hybridized carbons (Fsp3) is 0.878. The number of rotatable bonds is 43. The van der Waals surface area contributed by atoms with E-state index >= 15 is 0 Å². The first kappa shape index (κ1) is 53.3. The van der Waals surface area contributed by atoms with E-state index in [4.69, 9.17) is 4.74 Å². The number of amides is 1. The number of unbranched alkanes of at least 4 members (excludes halogenated alkanes) is 27. The number of hydrogen-bond donors (Lipinski definition) is 3. The Morgan fingerprint density at radius 3 is 1.42 bits per heavy atom. The normalized spacial score (nSPS) is 13.5. The maximum atomic E-state index is 13.1. The van der Waals surface area contributed by atoms with Crippen LogP contribution in [0.1, 0.15) is 252 Å². The van der Waals surface area contributed by atoms with Gasteiger partial charge in [0.1, 0.15) is 6.10 Å². The number of carbonyl (C=O) groups excluding carboxylic acids is 2. The lowest BCUT2D eigenvalue weighted by molar-refractivity contribution is -0.151. The molecule has 0 aromatic carbocycles. The number of aliphatic hydroxyl groups is 2. The second-order valence-corrected chi connectivity index (χ2v) is 16.5. The van der Waals surface area contributed by atoms with Crippen molar-refractivity contribution in [2.75, 3.05) is 6.61 Å². The van der Waals surface area contributed by atoms with Crippen LogP contribution in [0, 0.1) is 0 Å². The summed E-state index contributed by atoms with van der Waals surface area (Å²) in [5, 5.41) is 23.7. The first-order valence-electron chi connectivity index (χ1n) is 24.1. The van der Waals surface area contributed by atoms with E-state index in [9.17, 15) is 19.8 Å². The molecule has 324 valence electrons. The Bertz CT molecular complexity index is 873. The van der Waals surface area contributed by atoms with Crippen LogP contribution < -0.4 is 5.32 Å². The van der Waals surface area contributed by atoms with Gasteiger partial charge in [0.2, 0.25) is 5.91 Å². The van der Waals surface area contributed by atoms with E-state index in [1.165, 1.54) is 128 Å². The predicted molar refractivity (Wildman–Crippen MR) is 236 cm³/mol. The highest BCUT2D eigenvalue weighted by Crippen LogP contribution is 2.17. The maximum Gasteiger partial charge on any atom is 0.306 e. The Kier molecular flexibility index (Phi) is 42.2. The third-order valence-corrected chi connectivity index (χ3v) is 11.0. The summed E-state index contributed by atoms with van der Waals surface area (Å²) in [4.78, 5) is 25.9. The largest absolute Gasteiger partial charge is 0.462 e. The molecule has 3 unspecified atom stereocenters. The molecule has 6 heteroatoms. The fourth-order valence-corrected chi connectivity index (χ4v) is 7.31. The molecule has 0 aliphatic carbocycles. The molecule has 0 rings (SSSR count). The molecule has 0 aromatic rings. The molecule has 0 bridgehead atoms. The molecular formula is C49H93NO5. The van der Waals surface area contributed by atoms with Gasteiger partial charge >= 0.3 is 5.97 Å². The highest BCUT2D eigenvalue weighted by molar-refractivity contribution is 5.77. The van der Waals surface area contributed by atoms with Crippen LogP contribution in [0.5, 0.6) is 0 Å². The average molecular weight is 776 g/mol. The molecule has 0 spiro atoms. The van der Waals surface area contributed by atoms with Gasteiger partial charge in [-0.3, -0.25) is 9.59 Å². The van der Waals surface area contributed by atoms with E-state index in [1.54, 1.807) is 0 Å². The van der Waals surface area contributed by atoms with Crippen molar-refractivity contribution in [3.8, 4) is 0 Å². The standard InChI is InChI=1S/C49H93NO5/c1-4-7-10-13-16-19-21-23-24-25-26-27-29-32-35-38-41-47(52)46(44-51)50-48(53)43-45(40-37-34-31-18-15-12-9-6-3)55-49(54)42-39-36-33-30-28-22-20-17-14-11-8-5-2/h12,15,17,20,45-47,51-52H,4-11,13-14,16,18-19,21-44H2,1-3H3,(H,50,53)/b15-12-,20-17-. The van der Waals surface area contributed by atoms with Gasteiger partial charge in [-0.1, -0.05) is 193 Å². The minimum Gasteiger partial charge on any atom is -0.462 e. The summed E-state index contributed by atoms with van der Waals surface area (Å²) >= 11 is 0. The molecule has 0 aliphatic rings. The van der Waals surface area contributed by atoms with Crippen LogP contribution in [0.3, 0.4) is 0 Å². The van der Waals surface area contributed by atoms with Crippen LogP contribution in [0.25, 0.3) is 0 Å². The van der Waals surface area contributed by atoms with Gasteiger partial charge in [0, 0.05) is 6.42 Å². The van der Waals surface area contributed by atoms with Crippen LogP contribution in [0.15, 0.2) is 24.3 Å². The van der Waals surface area contributed by atoms with Crippen LogP contribution in [0.2, 0.25) is 0 Å². The summed E-state index contributed by atoms with van der Waals surface area (Å²) in [5.41, 5.74) is 0. The van der Waals surface area contributed by atoms with E-state index in [0.29, 0.717) is 19.3 Å².